The number of rotatable bonds is 5. The summed E-state index contributed by atoms with van der Waals surface area (Å²) in [6.07, 6.45) is 2.41. The van der Waals surface area contributed by atoms with Gasteiger partial charge in [-0.2, -0.15) is 4.37 Å². The van der Waals surface area contributed by atoms with Gasteiger partial charge in [0.1, 0.15) is 5.82 Å². The van der Waals surface area contributed by atoms with E-state index < -0.39 is 0 Å². The summed E-state index contributed by atoms with van der Waals surface area (Å²) in [6.45, 7) is 6.07. The molecule has 1 saturated heterocycles. The molecule has 2 aromatic rings. The lowest BCUT2D eigenvalue weighted by molar-refractivity contribution is -0.148. The normalized spacial score (nSPS) is 15.5. The minimum atomic E-state index is -0.0607. The number of aromatic nitrogens is 2. The summed E-state index contributed by atoms with van der Waals surface area (Å²) in [5, 5.41) is 0.958. The first-order valence-electron chi connectivity index (χ1n) is 8.45. The number of hydrogen-bond acceptors (Lipinski definition) is 6. The van der Waals surface area contributed by atoms with Gasteiger partial charge in [-0.1, -0.05) is 29.8 Å². The molecule has 0 unspecified atom stereocenters. The lowest BCUT2D eigenvalue weighted by Gasteiger charge is -2.30. The molecule has 0 amide bonds. The summed E-state index contributed by atoms with van der Waals surface area (Å²) in [4.78, 5) is 18.7. The maximum absolute atomic E-state index is 11.8. The Labute approximate surface area is 146 Å². The third kappa shape index (κ3) is 4.12. The van der Waals surface area contributed by atoms with Crippen molar-refractivity contribution in [2.45, 2.75) is 33.1 Å². The molecular formula is C18H23N3O2S. The Kier molecular flexibility index (Phi) is 5.45. The molecule has 128 valence electrons. The van der Waals surface area contributed by atoms with Gasteiger partial charge < -0.3 is 9.64 Å². The fraction of sp³-hybridized carbons (Fsp3) is 0.500. The number of esters is 1. The summed E-state index contributed by atoms with van der Waals surface area (Å²) in [7, 11) is 0. The quantitative estimate of drug-likeness (QED) is 0.779. The number of piperidine rings is 1. The molecule has 0 spiro atoms. The van der Waals surface area contributed by atoms with Gasteiger partial charge in [-0.3, -0.25) is 4.79 Å². The maximum Gasteiger partial charge on any atom is 0.309 e. The topological polar surface area (TPSA) is 55.3 Å². The lowest BCUT2D eigenvalue weighted by atomic mass is 9.97. The minimum Gasteiger partial charge on any atom is -0.466 e. The molecule has 3 rings (SSSR count). The van der Waals surface area contributed by atoms with Gasteiger partial charge in [-0.25, -0.2) is 4.98 Å². The van der Waals surface area contributed by atoms with Gasteiger partial charge in [0.05, 0.1) is 12.5 Å². The van der Waals surface area contributed by atoms with E-state index in [-0.39, 0.29) is 11.9 Å². The minimum absolute atomic E-state index is 0.0288. The Hall–Kier alpha value is -1.95. The Morgan fingerprint density at radius 1 is 1.29 bits per heavy atom. The van der Waals surface area contributed by atoms with Gasteiger partial charge in [-0.15, -0.1) is 0 Å². The average molecular weight is 345 g/mol. The van der Waals surface area contributed by atoms with E-state index in [1.54, 1.807) is 0 Å². The second kappa shape index (κ2) is 7.75. The van der Waals surface area contributed by atoms with Crippen LogP contribution in [0.5, 0.6) is 0 Å². The van der Waals surface area contributed by atoms with Crippen LogP contribution in [-0.4, -0.2) is 35.0 Å². The number of hydrogen-bond donors (Lipinski definition) is 0. The van der Waals surface area contributed by atoms with Crippen LogP contribution in [0.3, 0.4) is 0 Å². The number of ether oxygens (including phenoxy) is 1. The smallest absolute Gasteiger partial charge is 0.309 e. The van der Waals surface area contributed by atoms with E-state index in [9.17, 15) is 4.79 Å². The molecule has 0 radical (unpaired) electrons. The molecule has 0 aliphatic carbocycles. The molecule has 2 heterocycles. The molecule has 5 nitrogen and oxygen atoms in total. The fourth-order valence-corrected chi connectivity index (χ4v) is 3.64. The molecule has 6 heteroatoms. The standard InChI is InChI=1S/C18H23N3O2S/c1-3-23-17(22)15-8-10-21(11-9-15)18-19-16(20-24-18)12-14-6-4-13(2)5-7-14/h4-7,15H,3,8-12H2,1-2H3. The number of aryl methyl sites for hydroxylation is 1. The van der Waals surface area contributed by atoms with Crippen molar-refractivity contribution in [3.8, 4) is 0 Å². The molecule has 1 aromatic heterocycles. The number of anilines is 1. The van der Waals surface area contributed by atoms with E-state index in [2.05, 4.69) is 45.4 Å². The van der Waals surface area contributed by atoms with Crippen molar-refractivity contribution in [1.29, 1.82) is 0 Å². The first kappa shape index (κ1) is 16.9. The molecule has 1 aliphatic heterocycles. The largest absolute Gasteiger partial charge is 0.466 e. The van der Waals surface area contributed by atoms with E-state index in [4.69, 9.17) is 4.74 Å². The van der Waals surface area contributed by atoms with Crippen molar-refractivity contribution >= 4 is 22.6 Å². The monoisotopic (exact) mass is 345 g/mol. The van der Waals surface area contributed by atoms with E-state index in [0.717, 1.165) is 43.3 Å². The van der Waals surface area contributed by atoms with Crippen molar-refractivity contribution < 1.29 is 9.53 Å². The van der Waals surface area contributed by atoms with Crippen LogP contribution in [0, 0.1) is 12.8 Å². The first-order valence-corrected chi connectivity index (χ1v) is 9.22. The third-order valence-corrected chi connectivity index (χ3v) is 5.14. The van der Waals surface area contributed by atoms with Crippen molar-refractivity contribution in [1.82, 2.24) is 9.36 Å². The van der Waals surface area contributed by atoms with Crippen LogP contribution in [0.15, 0.2) is 24.3 Å². The van der Waals surface area contributed by atoms with E-state index in [1.807, 2.05) is 6.92 Å². The summed E-state index contributed by atoms with van der Waals surface area (Å²) >= 11 is 1.45. The fourth-order valence-electron chi connectivity index (χ4n) is 2.90. The van der Waals surface area contributed by atoms with Crippen LogP contribution >= 0.6 is 11.5 Å². The molecule has 1 aliphatic rings. The second-order valence-corrected chi connectivity index (χ2v) is 6.90. The number of nitrogens with zero attached hydrogens (tertiary/aromatic N) is 3. The number of benzene rings is 1. The molecule has 1 fully saturated rings. The highest BCUT2D eigenvalue weighted by atomic mass is 32.1. The zero-order valence-electron chi connectivity index (χ0n) is 14.2. The van der Waals surface area contributed by atoms with Crippen LogP contribution in [0.25, 0.3) is 0 Å². The summed E-state index contributed by atoms with van der Waals surface area (Å²) in [6, 6.07) is 8.48. The molecule has 0 bridgehead atoms. The first-order chi connectivity index (χ1) is 11.7. The molecule has 0 saturated carbocycles. The number of carbonyl (C=O) groups is 1. The summed E-state index contributed by atoms with van der Waals surface area (Å²) < 4.78 is 9.61. The van der Waals surface area contributed by atoms with Gasteiger partial charge in [0, 0.05) is 31.0 Å². The van der Waals surface area contributed by atoms with E-state index >= 15 is 0 Å². The van der Waals surface area contributed by atoms with Crippen LogP contribution < -0.4 is 4.90 Å². The molecule has 0 atom stereocenters. The maximum atomic E-state index is 11.8. The second-order valence-electron chi connectivity index (χ2n) is 6.17. The molecule has 1 aromatic carbocycles. The van der Waals surface area contributed by atoms with Gasteiger partial charge in [-0.05, 0) is 32.3 Å². The van der Waals surface area contributed by atoms with E-state index in [0.29, 0.717) is 6.61 Å². The van der Waals surface area contributed by atoms with Gasteiger partial charge in [0.15, 0.2) is 0 Å². The van der Waals surface area contributed by atoms with Crippen LogP contribution in [0.1, 0.15) is 36.7 Å². The Bertz CT molecular complexity index is 676. The molecule has 24 heavy (non-hydrogen) atoms. The van der Waals surface area contributed by atoms with Crippen molar-refractivity contribution in [2.24, 2.45) is 5.92 Å². The number of carbonyl (C=O) groups excluding carboxylic acids is 1. The van der Waals surface area contributed by atoms with Crippen LogP contribution in [0.2, 0.25) is 0 Å². The van der Waals surface area contributed by atoms with Gasteiger partial charge in [0.25, 0.3) is 0 Å². The lowest BCUT2D eigenvalue weighted by Crippen LogP contribution is -2.36. The van der Waals surface area contributed by atoms with Crippen molar-refractivity contribution in [2.75, 3.05) is 24.6 Å². The van der Waals surface area contributed by atoms with Crippen molar-refractivity contribution in [3.63, 3.8) is 0 Å². The van der Waals surface area contributed by atoms with Crippen molar-refractivity contribution in [3.05, 3.63) is 41.2 Å². The molecule has 0 N–H and O–H groups in total. The highest BCUT2D eigenvalue weighted by molar-refractivity contribution is 7.09. The van der Waals surface area contributed by atoms with Gasteiger partial charge >= 0.3 is 5.97 Å². The van der Waals surface area contributed by atoms with Crippen LogP contribution in [-0.2, 0) is 16.0 Å². The summed E-state index contributed by atoms with van der Waals surface area (Å²) in [5.41, 5.74) is 2.49. The zero-order valence-corrected chi connectivity index (χ0v) is 15.0. The highest BCUT2D eigenvalue weighted by Gasteiger charge is 2.27. The van der Waals surface area contributed by atoms with E-state index in [1.165, 1.54) is 22.7 Å². The zero-order chi connectivity index (χ0) is 16.9. The Balaban J connectivity index is 1.56. The highest BCUT2D eigenvalue weighted by Crippen LogP contribution is 2.26. The third-order valence-electron chi connectivity index (χ3n) is 4.33. The predicted octanol–water partition coefficient (Wildman–Crippen LogP) is 3.22. The van der Waals surface area contributed by atoms with Crippen LogP contribution in [0.4, 0.5) is 5.13 Å². The Morgan fingerprint density at radius 2 is 2.00 bits per heavy atom. The SMILES string of the molecule is CCOC(=O)C1CCN(c2nc(Cc3ccc(C)cc3)ns2)CC1. The van der Waals surface area contributed by atoms with Gasteiger partial charge in [0.2, 0.25) is 5.13 Å². The molecular weight excluding hydrogens is 322 g/mol. The average Bonchev–Trinajstić information content (AvgIpc) is 3.06. The predicted molar refractivity (Wildman–Crippen MR) is 95.5 cm³/mol. The summed E-state index contributed by atoms with van der Waals surface area (Å²) in [5.74, 6) is 0.835. The Morgan fingerprint density at radius 3 is 2.67 bits per heavy atom.